The second-order valence-electron chi connectivity index (χ2n) is 9.49. The van der Waals surface area contributed by atoms with Gasteiger partial charge in [-0.2, -0.15) is 0 Å². The number of ether oxygens (including phenoxy) is 3. The van der Waals surface area contributed by atoms with Crippen LogP contribution in [-0.4, -0.2) is 30.9 Å². The maximum absolute atomic E-state index is 10.9. The summed E-state index contributed by atoms with van der Waals surface area (Å²) in [6.07, 6.45) is 0. The van der Waals surface area contributed by atoms with Crippen LogP contribution < -0.4 is 9.47 Å². The summed E-state index contributed by atoms with van der Waals surface area (Å²) in [7, 11) is 0. The molecule has 0 amide bonds. The minimum absolute atomic E-state index is 0.183. The van der Waals surface area contributed by atoms with Gasteiger partial charge in [0.15, 0.2) is 6.61 Å². The van der Waals surface area contributed by atoms with Crippen LogP contribution in [0.4, 0.5) is 0 Å². The van der Waals surface area contributed by atoms with Crippen molar-refractivity contribution >= 4 is 57.4 Å². The van der Waals surface area contributed by atoms with Gasteiger partial charge >= 0.3 is 5.97 Å². The van der Waals surface area contributed by atoms with E-state index in [0.29, 0.717) is 23.9 Å². The molecule has 0 bridgehead atoms. The number of aliphatic carboxylic acids is 1. The highest BCUT2D eigenvalue weighted by molar-refractivity contribution is 7.19. The fourth-order valence-corrected chi connectivity index (χ4v) is 6.65. The summed E-state index contributed by atoms with van der Waals surface area (Å²) in [6.45, 7) is 4.03. The van der Waals surface area contributed by atoms with Crippen molar-refractivity contribution in [1.82, 2.24) is 0 Å². The first kappa shape index (κ1) is 30.7. The van der Waals surface area contributed by atoms with E-state index in [9.17, 15) is 4.79 Å². The van der Waals surface area contributed by atoms with E-state index in [1.807, 2.05) is 44.2 Å². The molecule has 0 saturated heterocycles. The van der Waals surface area contributed by atoms with E-state index >= 15 is 0 Å². The van der Waals surface area contributed by atoms with Crippen LogP contribution >= 0.6 is 45.9 Å². The van der Waals surface area contributed by atoms with Gasteiger partial charge in [-0.1, -0.05) is 71.7 Å². The Kier molecular flexibility index (Phi) is 10.1. The Morgan fingerprint density at radius 1 is 0.744 bits per heavy atom. The molecule has 0 saturated carbocycles. The Balaban J connectivity index is 1.49. The van der Waals surface area contributed by atoms with Gasteiger partial charge < -0.3 is 19.3 Å². The third kappa shape index (κ3) is 7.80. The smallest absolute Gasteiger partial charge is 0.341 e. The van der Waals surface area contributed by atoms with Crippen molar-refractivity contribution in [1.29, 1.82) is 0 Å². The number of rotatable bonds is 12. The first-order chi connectivity index (χ1) is 20.8. The number of thiophene rings is 2. The summed E-state index contributed by atoms with van der Waals surface area (Å²) in [5, 5.41) is 8.93. The Labute approximate surface area is 268 Å². The Morgan fingerprint density at radius 3 is 1.74 bits per heavy atom. The quantitative estimate of drug-likeness (QED) is 0.136. The molecular weight excluding hydrogens is 623 g/mol. The fourth-order valence-electron chi connectivity index (χ4n) is 4.55. The van der Waals surface area contributed by atoms with Gasteiger partial charge in [-0.3, -0.25) is 0 Å². The van der Waals surface area contributed by atoms with E-state index in [1.54, 1.807) is 34.8 Å². The zero-order valence-electron chi connectivity index (χ0n) is 23.4. The second-order valence-corrected chi connectivity index (χ2v) is 12.9. The lowest BCUT2D eigenvalue weighted by Gasteiger charge is -2.18. The Hall–Kier alpha value is -3.75. The van der Waals surface area contributed by atoms with Crippen LogP contribution in [0, 0.1) is 6.92 Å². The van der Waals surface area contributed by atoms with Crippen molar-refractivity contribution in [3.63, 3.8) is 0 Å². The number of carbonyl (C=O) groups is 1. The monoisotopic (exact) mass is 650 g/mol. The average Bonchev–Trinajstić information content (AvgIpc) is 3.64. The van der Waals surface area contributed by atoms with Crippen molar-refractivity contribution < 1.29 is 24.1 Å². The molecule has 9 heteroatoms. The zero-order valence-corrected chi connectivity index (χ0v) is 26.6. The summed E-state index contributed by atoms with van der Waals surface area (Å²) in [6, 6.07) is 29.8. The lowest BCUT2D eigenvalue weighted by Crippen LogP contribution is -2.11. The van der Waals surface area contributed by atoms with Crippen LogP contribution in [0.3, 0.4) is 0 Å². The van der Waals surface area contributed by atoms with Crippen LogP contribution in [0.5, 0.6) is 11.5 Å². The molecule has 220 valence electrons. The maximum atomic E-state index is 10.9. The van der Waals surface area contributed by atoms with Gasteiger partial charge in [-0.15, -0.1) is 22.7 Å². The molecule has 1 N–H and O–H groups in total. The molecule has 5 rings (SSSR count). The van der Waals surface area contributed by atoms with E-state index < -0.39 is 12.6 Å². The summed E-state index contributed by atoms with van der Waals surface area (Å²) < 4.78 is 19.3. The summed E-state index contributed by atoms with van der Waals surface area (Å²) in [5.74, 6) is 0.769. The minimum Gasteiger partial charge on any atom is -0.494 e. The summed E-state index contributed by atoms with van der Waals surface area (Å²) in [5.41, 5.74) is 5.83. The van der Waals surface area contributed by atoms with Crippen molar-refractivity contribution in [3.05, 3.63) is 122 Å². The van der Waals surface area contributed by atoms with E-state index in [4.69, 9.17) is 42.5 Å². The third-order valence-corrected chi connectivity index (χ3v) is 9.09. The molecule has 2 aromatic heterocycles. The number of halogens is 2. The fraction of sp³-hybridized carbons (Fsp3) is 0.147. The van der Waals surface area contributed by atoms with Crippen LogP contribution in [0.15, 0.2) is 96.8 Å². The number of carboxylic acid groups (broad SMARTS) is 1. The predicted molar refractivity (Wildman–Crippen MR) is 177 cm³/mol. The molecule has 0 unspecified atom stereocenters. The van der Waals surface area contributed by atoms with Gasteiger partial charge in [0.25, 0.3) is 0 Å². The van der Waals surface area contributed by atoms with E-state index in [-0.39, 0.29) is 6.61 Å². The lowest BCUT2D eigenvalue weighted by molar-refractivity contribution is -0.139. The van der Waals surface area contributed by atoms with Gasteiger partial charge in [-0.05, 0) is 84.1 Å². The molecule has 0 aliphatic carbocycles. The van der Waals surface area contributed by atoms with E-state index in [0.717, 1.165) is 51.8 Å². The van der Waals surface area contributed by atoms with Gasteiger partial charge in [0.2, 0.25) is 0 Å². The maximum Gasteiger partial charge on any atom is 0.341 e. The number of hydrogen-bond donors (Lipinski definition) is 1. The van der Waals surface area contributed by atoms with Crippen LogP contribution in [0.2, 0.25) is 8.67 Å². The van der Waals surface area contributed by atoms with Crippen molar-refractivity contribution in [2.75, 3.05) is 19.8 Å². The molecule has 0 aliphatic heterocycles. The SMILES string of the molecule is CCOC(COc1ccc(OCC(=O)O)c(C)c1)=C(c1ccc(-c2ccc(Cl)s2)cc1)c1ccc(-c2ccc(Cl)s2)cc1. The van der Waals surface area contributed by atoms with Crippen molar-refractivity contribution in [3.8, 4) is 32.4 Å². The highest BCUT2D eigenvalue weighted by Gasteiger charge is 2.17. The number of aryl methyl sites for hydroxylation is 1. The second kappa shape index (κ2) is 14.1. The standard InChI is InChI=1S/C34H28Cl2O5S2/c1-3-39-28(19-40-26-12-13-27(21(2)18-26)41-20-33(37)38)34(24-8-4-22(5-9-24)29-14-16-31(35)42-29)25-10-6-23(7-11-25)30-15-17-32(36)43-30/h4-18H,3,19-20H2,1-2H3,(H,37,38). The molecule has 0 spiro atoms. The number of carboxylic acids is 1. The molecule has 0 aliphatic rings. The average molecular weight is 652 g/mol. The van der Waals surface area contributed by atoms with Crippen LogP contribution in [0.1, 0.15) is 23.6 Å². The number of hydrogen-bond acceptors (Lipinski definition) is 6. The number of benzene rings is 3. The summed E-state index contributed by atoms with van der Waals surface area (Å²) >= 11 is 15.4. The van der Waals surface area contributed by atoms with Crippen LogP contribution in [0.25, 0.3) is 26.5 Å². The highest BCUT2D eigenvalue weighted by atomic mass is 35.5. The van der Waals surface area contributed by atoms with Crippen molar-refractivity contribution in [2.24, 2.45) is 0 Å². The van der Waals surface area contributed by atoms with Gasteiger partial charge in [0, 0.05) is 15.3 Å². The molecule has 0 radical (unpaired) electrons. The summed E-state index contributed by atoms with van der Waals surface area (Å²) in [4.78, 5) is 13.1. The van der Waals surface area contributed by atoms with E-state index in [1.165, 1.54) is 0 Å². The molecule has 5 aromatic rings. The predicted octanol–water partition coefficient (Wildman–Crippen LogP) is 10.1. The van der Waals surface area contributed by atoms with E-state index in [2.05, 4.69) is 48.5 Å². The first-order valence-electron chi connectivity index (χ1n) is 13.5. The Morgan fingerprint density at radius 2 is 1.30 bits per heavy atom. The molecule has 3 aromatic carbocycles. The van der Waals surface area contributed by atoms with Crippen molar-refractivity contribution in [2.45, 2.75) is 13.8 Å². The highest BCUT2D eigenvalue weighted by Crippen LogP contribution is 2.36. The molecule has 0 atom stereocenters. The minimum atomic E-state index is -1.03. The van der Waals surface area contributed by atoms with Crippen LogP contribution in [-0.2, 0) is 9.53 Å². The third-order valence-electron chi connectivity index (χ3n) is 6.53. The molecule has 43 heavy (non-hydrogen) atoms. The molecular formula is C34H28Cl2O5S2. The van der Waals surface area contributed by atoms with Gasteiger partial charge in [-0.25, -0.2) is 4.79 Å². The first-order valence-corrected chi connectivity index (χ1v) is 15.9. The van der Waals surface area contributed by atoms with Gasteiger partial charge in [0.1, 0.15) is 23.9 Å². The largest absolute Gasteiger partial charge is 0.494 e. The molecule has 5 nitrogen and oxygen atoms in total. The molecule has 2 heterocycles. The zero-order chi connectivity index (χ0) is 30.3. The van der Waals surface area contributed by atoms with Gasteiger partial charge in [0.05, 0.1) is 15.3 Å². The lowest BCUT2D eigenvalue weighted by atomic mass is 9.94. The normalized spacial score (nSPS) is 10.8. The Bertz CT molecular complexity index is 1650. The topological polar surface area (TPSA) is 65.0 Å². The molecule has 0 fully saturated rings.